The van der Waals surface area contributed by atoms with Crippen molar-refractivity contribution in [2.45, 2.75) is 6.92 Å². The summed E-state index contributed by atoms with van der Waals surface area (Å²) in [6.45, 7) is 1.81. The smallest absolute Gasteiger partial charge is 0.257 e. The highest BCUT2D eigenvalue weighted by atomic mass is 35.5. The fourth-order valence-corrected chi connectivity index (χ4v) is 2.05. The Hall–Kier alpha value is -2.51. The minimum atomic E-state index is -0.399. The van der Waals surface area contributed by atoms with Gasteiger partial charge in [0.2, 0.25) is 0 Å². The number of benzene rings is 2. The van der Waals surface area contributed by atoms with E-state index in [-0.39, 0.29) is 10.6 Å². The molecule has 3 N–H and O–H groups in total. The van der Waals surface area contributed by atoms with Gasteiger partial charge in [-0.05, 0) is 30.7 Å². The molecule has 5 heteroatoms. The van der Waals surface area contributed by atoms with E-state index in [1.807, 2.05) is 13.0 Å². The van der Waals surface area contributed by atoms with Gasteiger partial charge in [0, 0.05) is 0 Å². The lowest BCUT2D eigenvalue weighted by molar-refractivity contribution is 0.102. The molecule has 0 atom stereocenters. The largest absolute Gasteiger partial charge is 0.398 e. The lowest BCUT2D eigenvalue weighted by Gasteiger charge is -2.10. The van der Waals surface area contributed by atoms with E-state index in [4.69, 9.17) is 22.6 Å². The van der Waals surface area contributed by atoms with Crippen LogP contribution in [-0.2, 0) is 0 Å². The van der Waals surface area contributed by atoms with E-state index in [1.165, 1.54) is 0 Å². The number of amides is 1. The summed E-state index contributed by atoms with van der Waals surface area (Å²) < 4.78 is 0. The number of rotatable bonds is 2. The van der Waals surface area contributed by atoms with Crippen LogP contribution in [-0.4, -0.2) is 5.91 Å². The molecule has 0 saturated carbocycles. The van der Waals surface area contributed by atoms with Crippen molar-refractivity contribution in [2.24, 2.45) is 0 Å². The van der Waals surface area contributed by atoms with E-state index >= 15 is 0 Å². The van der Waals surface area contributed by atoms with Gasteiger partial charge in [-0.15, -0.1) is 0 Å². The zero-order valence-corrected chi connectivity index (χ0v) is 11.5. The number of anilines is 2. The Labute approximate surface area is 121 Å². The summed E-state index contributed by atoms with van der Waals surface area (Å²) in [6, 6.07) is 12.2. The van der Waals surface area contributed by atoms with Gasteiger partial charge in [0.25, 0.3) is 5.91 Å². The zero-order chi connectivity index (χ0) is 14.7. The van der Waals surface area contributed by atoms with Crippen molar-refractivity contribution in [1.29, 1.82) is 5.26 Å². The van der Waals surface area contributed by atoms with Gasteiger partial charge in [0.1, 0.15) is 6.07 Å². The van der Waals surface area contributed by atoms with Crippen LogP contribution in [0.15, 0.2) is 36.4 Å². The number of carbonyl (C=O) groups is 1. The van der Waals surface area contributed by atoms with Crippen LogP contribution in [0.25, 0.3) is 0 Å². The van der Waals surface area contributed by atoms with Crippen molar-refractivity contribution in [3.8, 4) is 6.07 Å². The molecule has 100 valence electrons. The van der Waals surface area contributed by atoms with Crippen molar-refractivity contribution in [2.75, 3.05) is 11.1 Å². The average Bonchev–Trinajstić information content (AvgIpc) is 2.42. The van der Waals surface area contributed by atoms with Gasteiger partial charge >= 0.3 is 0 Å². The number of hydrogen-bond donors (Lipinski definition) is 2. The second-order valence-electron chi connectivity index (χ2n) is 4.27. The molecule has 4 nitrogen and oxygen atoms in total. The number of halogens is 1. The first-order chi connectivity index (χ1) is 9.54. The highest BCUT2D eigenvalue weighted by molar-refractivity contribution is 6.36. The molecule has 2 aromatic carbocycles. The van der Waals surface area contributed by atoms with Crippen molar-refractivity contribution < 1.29 is 4.79 Å². The van der Waals surface area contributed by atoms with Crippen LogP contribution in [0.1, 0.15) is 21.5 Å². The summed E-state index contributed by atoms with van der Waals surface area (Å²) in [5, 5.41) is 12.0. The minimum Gasteiger partial charge on any atom is -0.398 e. The Morgan fingerprint density at radius 3 is 2.70 bits per heavy atom. The van der Waals surface area contributed by atoms with Gasteiger partial charge in [-0.3, -0.25) is 4.79 Å². The first-order valence-corrected chi connectivity index (χ1v) is 6.27. The normalized spacial score (nSPS) is 9.85. The number of nitrogen functional groups attached to an aromatic ring is 1. The first-order valence-electron chi connectivity index (χ1n) is 5.89. The monoisotopic (exact) mass is 285 g/mol. The molecule has 0 bridgehead atoms. The van der Waals surface area contributed by atoms with Crippen molar-refractivity contribution >= 4 is 28.9 Å². The molecule has 0 fully saturated rings. The Morgan fingerprint density at radius 1 is 1.30 bits per heavy atom. The maximum absolute atomic E-state index is 12.2. The number of aryl methyl sites for hydroxylation is 1. The average molecular weight is 286 g/mol. The van der Waals surface area contributed by atoms with Gasteiger partial charge in [-0.2, -0.15) is 5.26 Å². The lowest BCUT2D eigenvalue weighted by atomic mass is 10.1. The van der Waals surface area contributed by atoms with Crippen LogP contribution in [0.5, 0.6) is 0 Å². The summed E-state index contributed by atoms with van der Waals surface area (Å²) in [5.41, 5.74) is 7.96. The summed E-state index contributed by atoms with van der Waals surface area (Å²) >= 11 is 6.01. The molecule has 0 aliphatic heterocycles. The van der Waals surface area contributed by atoms with Gasteiger partial charge in [-0.1, -0.05) is 29.8 Å². The molecule has 1 amide bonds. The number of nitriles is 1. The van der Waals surface area contributed by atoms with Crippen LogP contribution >= 0.6 is 11.6 Å². The molecule has 0 heterocycles. The van der Waals surface area contributed by atoms with E-state index in [0.717, 1.165) is 5.56 Å². The number of nitrogens with zero attached hydrogens (tertiary/aromatic N) is 1. The van der Waals surface area contributed by atoms with Crippen LogP contribution in [0.4, 0.5) is 11.4 Å². The van der Waals surface area contributed by atoms with Gasteiger partial charge in [0.15, 0.2) is 0 Å². The quantitative estimate of drug-likeness (QED) is 0.831. The molecule has 0 aromatic heterocycles. The molecular weight excluding hydrogens is 274 g/mol. The van der Waals surface area contributed by atoms with Gasteiger partial charge in [0.05, 0.1) is 27.5 Å². The molecule has 20 heavy (non-hydrogen) atoms. The maximum Gasteiger partial charge on any atom is 0.257 e. The number of nitrogens with two attached hydrogens (primary N) is 1. The Balaban J connectivity index is 2.36. The summed E-state index contributed by atoms with van der Waals surface area (Å²) in [5.74, 6) is -0.399. The predicted octanol–water partition coefficient (Wildman–Crippen LogP) is 3.35. The highest BCUT2D eigenvalue weighted by Crippen LogP contribution is 2.25. The minimum absolute atomic E-state index is 0.205. The second kappa shape index (κ2) is 5.64. The summed E-state index contributed by atoms with van der Waals surface area (Å²) in [7, 11) is 0. The second-order valence-corrected chi connectivity index (χ2v) is 4.65. The molecule has 0 radical (unpaired) electrons. The van der Waals surface area contributed by atoms with Crippen LogP contribution in [0.2, 0.25) is 5.02 Å². The fraction of sp³-hybridized carbons (Fsp3) is 0.0667. The Kier molecular flexibility index (Phi) is 3.92. The van der Waals surface area contributed by atoms with Crippen LogP contribution < -0.4 is 11.1 Å². The third-order valence-electron chi connectivity index (χ3n) is 2.91. The molecule has 0 aliphatic rings. The molecule has 0 saturated heterocycles. The van der Waals surface area contributed by atoms with Crippen molar-refractivity contribution in [3.05, 3.63) is 58.1 Å². The van der Waals surface area contributed by atoms with E-state index in [9.17, 15) is 4.79 Å². The summed E-state index contributed by atoms with van der Waals surface area (Å²) in [6.07, 6.45) is 0. The van der Waals surface area contributed by atoms with Gasteiger partial charge < -0.3 is 11.1 Å². The Morgan fingerprint density at radius 2 is 2.00 bits per heavy atom. The molecule has 0 spiro atoms. The molecule has 0 aliphatic carbocycles. The van der Waals surface area contributed by atoms with E-state index in [1.54, 1.807) is 30.3 Å². The number of nitrogens with one attached hydrogen (secondary N) is 1. The van der Waals surface area contributed by atoms with E-state index in [2.05, 4.69) is 11.4 Å². The molecule has 2 rings (SSSR count). The Bertz CT molecular complexity index is 720. The predicted molar refractivity (Wildman–Crippen MR) is 79.7 cm³/mol. The van der Waals surface area contributed by atoms with E-state index in [0.29, 0.717) is 16.9 Å². The fourth-order valence-electron chi connectivity index (χ4n) is 1.84. The molecular formula is C15H12ClN3O. The van der Waals surface area contributed by atoms with Crippen molar-refractivity contribution in [3.63, 3.8) is 0 Å². The highest BCUT2D eigenvalue weighted by Gasteiger charge is 2.14. The SMILES string of the molecule is Cc1cccc(NC(=O)c2cccc(N)c2Cl)c1C#N. The molecule has 0 unspecified atom stereocenters. The zero-order valence-electron chi connectivity index (χ0n) is 10.8. The van der Waals surface area contributed by atoms with Gasteiger partial charge in [-0.25, -0.2) is 0 Å². The third-order valence-corrected chi connectivity index (χ3v) is 3.33. The number of carbonyl (C=O) groups excluding carboxylic acids is 1. The summed E-state index contributed by atoms with van der Waals surface area (Å²) in [4.78, 5) is 12.2. The topological polar surface area (TPSA) is 78.9 Å². The van der Waals surface area contributed by atoms with E-state index < -0.39 is 5.91 Å². The maximum atomic E-state index is 12.2. The first kappa shape index (κ1) is 13.9. The standard InChI is InChI=1S/C15H12ClN3O/c1-9-4-2-7-13(11(9)8-17)19-15(20)10-5-3-6-12(18)14(10)16/h2-7H,18H2,1H3,(H,19,20). The molecule has 2 aromatic rings. The van der Waals surface area contributed by atoms with Crippen LogP contribution in [0, 0.1) is 18.3 Å². The number of hydrogen-bond acceptors (Lipinski definition) is 3. The lowest BCUT2D eigenvalue weighted by Crippen LogP contribution is -2.14. The van der Waals surface area contributed by atoms with Crippen molar-refractivity contribution in [1.82, 2.24) is 0 Å². The third kappa shape index (κ3) is 2.58. The van der Waals surface area contributed by atoms with Crippen LogP contribution in [0.3, 0.4) is 0 Å².